The van der Waals surface area contributed by atoms with Crippen molar-refractivity contribution in [1.29, 1.82) is 0 Å². The predicted molar refractivity (Wildman–Crippen MR) is 88.7 cm³/mol. The first kappa shape index (κ1) is 14.8. The molecule has 0 spiro atoms. The van der Waals surface area contributed by atoms with Crippen molar-refractivity contribution >= 4 is 10.9 Å². The zero-order chi connectivity index (χ0) is 15.2. The van der Waals surface area contributed by atoms with Gasteiger partial charge in [-0.15, -0.1) is 0 Å². The zero-order valence-electron chi connectivity index (χ0n) is 12.5. The minimum atomic E-state index is 0.206. The highest BCUT2D eigenvalue weighted by Crippen LogP contribution is 2.19. The van der Waals surface area contributed by atoms with E-state index in [1.54, 1.807) is 0 Å². The number of nitrogens with zero attached hydrogens (tertiary/aromatic N) is 1. The number of benzene rings is 2. The van der Waals surface area contributed by atoms with Crippen molar-refractivity contribution in [3.8, 4) is 0 Å². The van der Waals surface area contributed by atoms with Crippen molar-refractivity contribution < 1.29 is 5.11 Å². The Hall–Kier alpha value is -2.17. The van der Waals surface area contributed by atoms with Crippen LogP contribution in [0.4, 0.5) is 0 Å². The summed E-state index contributed by atoms with van der Waals surface area (Å²) in [6, 6.07) is 16.6. The zero-order valence-corrected chi connectivity index (χ0v) is 12.5. The van der Waals surface area contributed by atoms with E-state index in [2.05, 4.69) is 45.8 Å². The molecule has 1 unspecified atom stereocenters. The van der Waals surface area contributed by atoms with Crippen molar-refractivity contribution in [3.05, 3.63) is 65.9 Å². The normalized spacial score (nSPS) is 12.6. The summed E-state index contributed by atoms with van der Waals surface area (Å²) in [5.74, 6) is 0.326. The number of H-pyrrole nitrogens is 1. The largest absolute Gasteiger partial charge is 0.396 e. The molecule has 0 bridgehead atoms. The van der Waals surface area contributed by atoms with E-state index in [0.717, 1.165) is 30.4 Å². The number of rotatable bonds is 7. The Labute approximate surface area is 130 Å². The van der Waals surface area contributed by atoms with Crippen LogP contribution in [0.25, 0.3) is 10.9 Å². The van der Waals surface area contributed by atoms with E-state index < -0.39 is 0 Å². The monoisotopic (exact) mass is 295 g/mol. The third-order valence-corrected chi connectivity index (χ3v) is 4.02. The maximum Gasteiger partial charge on any atom is 0.0695 e. The van der Waals surface area contributed by atoms with E-state index >= 15 is 0 Å². The lowest BCUT2D eigenvalue weighted by Crippen LogP contribution is -2.22. The maximum atomic E-state index is 9.29. The summed E-state index contributed by atoms with van der Waals surface area (Å²) in [6.45, 7) is 1.83. The Balaban J connectivity index is 1.64. The van der Waals surface area contributed by atoms with E-state index in [-0.39, 0.29) is 6.61 Å². The molecular formula is C18H21N3O. The van der Waals surface area contributed by atoms with Crippen LogP contribution in [0.3, 0.4) is 0 Å². The lowest BCUT2D eigenvalue weighted by molar-refractivity contribution is 0.273. The van der Waals surface area contributed by atoms with E-state index in [4.69, 9.17) is 0 Å². The van der Waals surface area contributed by atoms with Gasteiger partial charge in [-0.25, -0.2) is 0 Å². The lowest BCUT2D eigenvalue weighted by atomic mass is 9.96. The first-order valence-electron chi connectivity index (χ1n) is 7.66. The van der Waals surface area contributed by atoms with Crippen LogP contribution in [0.1, 0.15) is 23.5 Å². The standard InChI is InChI=1S/C18H21N3O/c22-10-9-15(14-5-2-1-3-6-14)11-19-12-16-7-4-8-17-13-20-21-18(16)17/h1-8,13,15,19,22H,9-12H2,(H,20,21). The van der Waals surface area contributed by atoms with Gasteiger partial charge in [0.2, 0.25) is 0 Å². The summed E-state index contributed by atoms with van der Waals surface area (Å²) in [5, 5.41) is 21.1. The highest BCUT2D eigenvalue weighted by atomic mass is 16.3. The first-order chi connectivity index (χ1) is 10.9. The first-order valence-corrected chi connectivity index (χ1v) is 7.66. The third-order valence-electron chi connectivity index (χ3n) is 4.02. The summed E-state index contributed by atoms with van der Waals surface area (Å²) in [5.41, 5.74) is 3.57. The van der Waals surface area contributed by atoms with Crippen molar-refractivity contribution in [2.45, 2.75) is 18.9 Å². The summed E-state index contributed by atoms with van der Waals surface area (Å²) in [4.78, 5) is 0. The highest BCUT2D eigenvalue weighted by molar-refractivity contribution is 5.81. The van der Waals surface area contributed by atoms with Crippen LogP contribution >= 0.6 is 0 Å². The van der Waals surface area contributed by atoms with Gasteiger partial charge in [-0.3, -0.25) is 5.10 Å². The molecular weight excluding hydrogens is 274 g/mol. The minimum absolute atomic E-state index is 0.206. The minimum Gasteiger partial charge on any atom is -0.396 e. The van der Waals surface area contributed by atoms with Gasteiger partial charge in [0.25, 0.3) is 0 Å². The van der Waals surface area contributed by atoms with E-state index in [1.165, 1.54) is 11.1 Å². The molecule has 0 amide bonds. The van der Waals surface area contributed by atoms with Gasteiger partial charge in [0, 0.05) is 25.1 Å². The molecule has 2 aromatic carbocycles. The number of para-hydroxylation sites is 1. The van der Waals surface area contributed by atoms with Gasteiger partial charge < -0.3 is 10.4 Å². The van der Waals surface area contributed by atoms with Crippen molar-refractivity contribution in [2.75, 3.05) is 13.2 Å². The molecule has 0 saturated heterocycles. The molecule has 0 aliphatic rings. The molecule has 0 saturated carbocycles. The summed E-state index contributed by atoms with van der Waals surface area (Å²) in [7, 11) is 0. The molecule has 3 N–H and O–H groups in total. The number of nitrogens with one attached hydrogen (secondary N) is 2. The van der Waals surface area contributed by atoms with Crippen molar-refractivity contribution in [2.24, 2.45) is 0 Å². The topological polar surface area (TPSA) is 60.9 Å². The molecule has 0 radical (unpaired) electrons. The third kappa shape index (κ3) is 3.35. The van der Waals surface area contributed by atoms with Crippen LogP contribution in [-0.4, -0.2) is 28.5 Å². The van der Waals surface area contributed by atoms with Crippen molar-refractivity contribution in [1.82, 2.24) is 15.5 Å². The van der Waals surface area contributed by atoms with Gasteiger partial charge in [-0.05, 0) is 23.5 Å². The number of fused-ring (bicyclic) bond motifs is 1. The van der Waals surface area contributed by atoms with E-state index in [0.29, 0.717) is 5.92 Å². The molecule has 1 atom stereocenters. The SMILES string of the molecule is OCCC(CNCc1cccc2cn[nH]c12)c1ccccc1. The number of hydrogen-bond acceptors (Lipinski definition) is 3. The number of aliphatic hydroxyl groups excluding tert-OH is 1. The molecule has 114 valence electrons. The van der Waals surface area contributed by atoms with Gasteiger partial charge >= 0.3 is 0 Å². The summed E-state index contributed by atoms with van der Waals surface area (Å²) in [6.07, 6.45) is 2.61. The maximum absolute atomic E-state index is 9.29. The van der Waals surface area contributed by atoms with E-state index in [1.807, 2.05) is 24.4 Å². The lowest BCUT2D eigenvalue weighted by Gasteiger charge is -2.17. The van der Waals surface area contributed by atoms with Crippen LogP contribution in [0, 0.1) is 0 Å². The second-order valence-electron chi connectivity index (χ2n) is 5.50. The van der Waals surface area contributed by atoms with Gasteiger partial charge in [-0.1, -0.05) is 48.5 Å². The Morgan fingerprint density at radius 1 is 1.09 bits per heavy atom. The number of aliphatic hydroxyl groups is 1. The van der Waals surface area contributed by atoms with Gasteiger partial charge in [0.05, 0.1) is 11.7 Å². The fourth-order valence-electron chi connectivity index (χ4n) is 2.83. The molecule has 4 nitrogen and oxygen atoms in total. The van der Waals surface area contributed by atoms with Gasteiger partial charge in [-0.2, -0.15) is 5.10 Å². The molecule has 22 heavy (non-hydrogen) atoms. The number of aromatic nitrogens is 2. The highest BCUT2D eigenvalue weighted by Gasteiger charge is 2.11. The smallest absolute Gasteiger partial charge is 0.0695 e. The van der Waals surface area contributed by atoms with Crippen LogP contribution in [0.15, 0.2) is 54.7 Å². The Morgan fingerprint density at radius 3 is 2.77 bits per heavy atom. The number of aromatic amines is 1. The molecule has 0 aliphatic carbocycles. The molecule has 0 fully saturated rings. The van der Waals surface area contributed by atoms with Crippen LogP contribution in [0.2, 0.25) is 0 Å². The average molecular weight is 295 g/mol. The average Bonchev–Trinajstić information content (AvgIpc) is 3.04. The van der Waals surface area contributed by atoms with Crippen molar-refractivity contribution in [3.63, 3.8) is 0 Å². The fourth-order valence-corrected chi connectivity index (χ4v) is 2.83. The molecule has 1 aromatic heterocycles. The Morgan fingerprint density at radius 2 is 1.95 bits per heavy atom. The second kappa shape index (κ2) is 7.20. The number of hydrogen-bond donors (Lipinski definition) is 3. The quantitative estimate of drug-likeness (QED) is 0.628. The predicted octanol–water partition coefficient (Wildman–Crippen LogP) is 2.82. The van der Waals surface area contributed by atoms with Gasteiger partial charge in [0.1, 0.15) is 0 Å². The molecule has 4 heteroatoms. The fraction of sp³-hybridized carbons (Fsp3) is 0.278. The molecule has 3 aromatic rings. The Bertz CT molecular complexity index is 708. The molecule has 3 rings (SSSR count). The summed E-state index contributed by atoms with van der Waals surface area (Å²) < 4.78 is 0. The van der Waals surface area contributed by atoms with E-state index in [9.17, 15) is 5.11 Å². The molecule has 1 heterocycles. The van der Waals surface area contributed by atoms with Crippen LogP contribution < -0.4 is 5.32 Å². The van der Waals surface area contributed by atoms with Gasteiger partial charge in [0.15, 0.2) is 0 Å². The Kier molecular flexibility index (Phi) is 4.83. The van der Waals surface area contributed by atoms with Crippen LogP contribution in [-0.2, 0) is 6.54 Å². The molecule has 0 aliphatic heterocycles. The second-order valence-corrected chi connectivity index (χ2v) is 5.50. The summed E-state index contributed by atoms with van der Waals surface area (Å²) >= 11 is 0. The van der Waals surface area contributed by atoms with Crippen LogP contribution in [0.5, 0.6) is 0 Å².